The Morgan fingerprint density at radius 1 is 1.03 bits per heavy atom. The van der Waals surface area contributed by atoms with Crippen molar-refractivity contribution in [2.24, 2.45) is 0 Å². The zero-order chi connectivity index (χ0) is 25.7. The number of fused-ring (bicyclic) bond motifs is 3. The summed E-state index contributed by atoms with van der Waals surface area (Å²) in [5, 5.41) is 9.67. The lowest BCUT2D eigenvalue weighted by atomic mass is 9.90. The Morgan fingerprint density at radius 2 is 1.69 bits per heavy atom. The van der Waals surface area contributed by atoms with Gasteiger partial charge in [0.05, 0.1) is 39.1 Å². The number of nitrogens with one attached hydrogen (secondary N) is 1. The van der Waals surface area contributed by atoms with Crippen molar-refractivity contribution in [2.45, 2.75) is 32.0 Å². The molecule has 9 heteroatoms. The summed E-state index contributed by atoms with van der Waals surface area (Å²) in [5.74, 6) is -1.44. The van der Waals surface area contributed by atoms with Crippen molar-refractivity contribution in [3.63, 3.8) is 0 Å². The number of para-hydroxylation sites is 1. The fourth-order valence-electron chi connectivity index (χ4n) is 4.78. The number of aromatic nitrogens is 1. The maximum Gasteiger partial charge on any atom is 0.135 e. The normalized spacial score (nSPS) is 16.4. The van der Waals surface area contributed by atoms with Gasteiger partial charge >= 0.3 is 0 Å². The number of halogens is 3. The summed E-state index contributed by atoms with van der Waals surface area (Å²) in [7, 11) is 0. The molecular formula is C27H33F3N2O4. The van der Waals surface area contributed by atoms with Gasteiger partial charge in [-0.25, -0.2) is 13.2 Å². The van der Waals surface area contributed by atoms with Crippen molar-refractivity contribution in [1.29, 1.82) is 0 Å². The number of benzene rings is 2. The van der Waals surface area contributed by atoms with E-state index < -0.39 is 23.3 Å². The van der Waals surface area contributed by atoms with E-state index in [2.05, 4.69) is 4.98 Å². The highest BCUT2D eigenvalue weighted by Crippen LogP contribution is 2.41. The first kappa shape index (κ1) is 26.5. The lowest BCUT2D eigenvalue weighted by Gasteiger charge is -2.38. The van der Waals surface area contributed by atoms with Gasteiger partial charge in [0.15, 0.2) is 0 Å². The lowest BCUT2D eigenvalue weighted by Crippen LogP contribution is -2.43. The van der Waals surface area contributed by atoms with Crippen molar-refractivity contribution in [1.82, 2.24) is 9.88 Å². The number of hydrogen-bond donors (Lipinski definition) is 2. The number of aromatic amines is 1. The van der Waals surface area contributed by atoms with E-state index in [1.165, 1.54) is 26.0 Å². The van der Waals surface area contributed by atoms with E-state index in [9.17, 15) is 4.39 Å². The highest BCUT2D eigenvalue weighted by Gasteiger charge is 2.37. The van der Waals surface area contributed by atoms with Gasteiger partial charge in [0.2, 0.25) is 0 Å². The van der Waals surface area contributed by atoms with Crippen LogP contribution in [0.25, 0.3) is 10.9 Å². The molecule has 196 valence electrons. The van der Waals surface area contributed by atoms with Crippen LogP contribution in [0.3, 0.4) is 0 Å². The Hall–Kier alpha value is -2.59. The molecule has 6 nitrogen and oxygen atoms in total. The maximum absolute atomic E-state index is 15.5. The number of aliphatic hydroxyl groups excluding tert-OH is 1. The molecule has 2 N–H and O–H groups in total. The number of alkyl halides is 1. The summed E-state index contributed by atoms with van der Waals surface area (Å²) in [5.41, 5.74) is 0.909. The zero-order valence-electron chi connectivity index (χ0n) is 20.7. The quantitative estimate of drug-likeness (QED) is 0.353. The minimum Gasteiger partial charge on any atom is -0.491 e. The molecule has 3 aromatic rings. The van der Waals surface area contributed by atoms with Crippen molar-refractivity contribution in [2.75, 3.05) is 52.7 Å². The highest BCUT2D eigenvalue weighted by atomic mass is 19.1. The Kier molecular flexibility index (Phi) is 8.56. The molecule has 0 fully saturated rings. The second-order valence-electron chi connectivity index (χ2n) is 9.50. The third-order valence-electron chi connectivity index (χ3n) is 6.14. The second kappa shape index (κ2) is 11.6. The first-order chi connectivity index (χ1) is 17.3. The summed E-state index contributed by atoms with van der Waals surface area (Å²) >= 11 is 0. The molecule has 0 amide bonds. The maximum atomic E-state index is 15.5. The van der Waals surface area contributed by atoms with Gasteiger partial charge in [0.1, 0.15) is 29.7 Å². The number of hydrogen-bond acceptors (Lipinski definition) is 5. The number of ether oxygens (including phenoxy) is 3. The van der Waals surface area contributed by atoms with Crippen LogP contribution >= 0.6 is 0 Å². The summed E-state index contributed by atoms with van der Waals surface area (Å²) in [6.45, 7) is 4.61. The smallest absolute Gasteiger partial charge is 0.135 e. The molecule has 0 aliphatic carbocycles. The predicted octanol–water partition coefficient (Wildman–Crippen LogP) is 4.55. The van der Waals surface area contributed by atoms with Crippen molar-refractivity contribution in [3.8, 4) is 5.75 Å². The van der Waals surface area contributed by atoms with Gasteiger partial charge in [-0.05, 0) is 31.9 Å². The molecule has 0 saturated heterocycles. The van der Waals surface area contributed by atoms with Gasteiger partial charge in [0.25, 0.3) is 0 Å². The minimum absolute atomic E-state index is 0.0307. The SMILES string of the molecule is CC(C)(F)CN1CCc2c([nH]c3ccccc23)C1c1c(F)cc(OCCOCCOCCO)cc1F. The van der Waals surface area contributed by atoms with Gasteiger partial charge < -0.3 is 24.3 Å². The first-order valence-electron chi connectivity index (χ1n) is 12.2. The molecule has 1 aliphatic heterocycles. The number of rotatable bonds is 12. The molecule has 0 spiro atoms. The van der Waals surface area contributed by atoms with Crippen LogP contribution in [0, 0.1) is 11.6 Å². The number of H-pyrrole nitrogens is 1. The van der Waals surface area contributed by atoms with Crippen molar-refractivity contribution in [3.05, 3.63) is 64.9 Å². The van der Waals surface area contributed by atoms with Crippen LogP contribution in [-0.2, 0) is 15.9 Å². The van der Waals surface area contributed by atoms with Crippen LogP contribution in [0.1, 0.15) is 36.7 Å². The Labute approximate surface area is 209 Å². The van der Waals surface area contributed by atoms with Crippen LogP contribution in [-0.4, -0.2) is 73.4 Å². The standard InChI is InChI=1S/C27H33F3N2O4/c1-27(2,30)17-32-8-7-20-19-5-3-4-6-23(19)31-25(20)26(32)24-21(28)15-18(16-22(24)29)36-14-13-35-12-11-34-10-9-33/h3-6,15-16,26,31,33H,7-14,17H2,1-2H3. The van der Waals surface area contributed by atoms with Crippen LogP contribution < -0.4 is 4.74 Å². The molecule has 0 bridgehead atoms. The lowest BCUT2D eigenvalue weighted by molar-refractivity contribution is 0.0246. The second-order valence-corrected chi connectivity index (χ2v) is 9.50. The van der Waals surface area contributed by atoms with Crippen LogP contribution in [0.4, 0.5) is 13.2 Å². The summed E-state index contributed by atoms with van der Waals surface area (Å²) in [4.78, 5) is 5.14. The number of nitrogens with zero attached hydrogens (tertiary/aromatic N) is 1. The molecule has 1 aromatic heterocycles. The zero-order valence-corrected chi connectivity index (χ0v) is 20.7. The molecule has 4 rings (SSSR count). The molecule has 0 saturated carbocycles. The van der Waals surface area contributed by atoms with E-state index in [0.717, 1.165) is 16.5 Å². The highest BCUT2D eigenvalue weighted by molar-refractivity contribution is 5.85. The first-order valence-corrected chi connectivity index (χ1v) is 12.2. The van der Waals surface area contributed by atoms with Gasteiger partial charge in [-0.1, -0.05) is 18.2 Å². The molecule has 2 heterocycles. The molecule has 1 aliphatic rings. The summed E-state index contributed by atoms with van der Waals surface area (Å²) < 4.78 is 61.6. The topological polar surface area (TPSA) is 67.0 Å². The average molecular weight is 507 g/mol. The fourth-order valence-corrected chi connectivity index (χ4v) is 4.78. The van der Waals surface area contributed by atoms with Gasteiger partial charge in [-0.15, -0.1) is 0 Å². The van der Waals surface area contributed by atoms with E-state index in [4.69, 9.17) is 19.3 Å². The average Bonchev–Trinajstić information content (AvgIpc) is 3.19. The monoisotopic (exact) mass is 506 g/mol. The van der Waals surface area contributed by atoms with Gasteiger partial charge in [-0.2, -0.15) is 0 Å². The Balaban J connectivity index is 1.55. The molecular weight excluding hydrogens is 473 g/mol. The molecule has 1 unspecified atom stereocenters. The summed E-state index contributed by atoms with van der Waals surface area (Å²) in [6, 6.07) is 9.28. The van der Waals surface area contributed by atoms with E-state index in [1.807, 2.05) is 24.3 Å². The largest absolute Gasteiger partial charge is 0.491 e. The van der Waals surface area contributed by atoms with Crippen LogP contribution in [0.2, 0.25) is 0 Å². The molecule has 36 heavy (non-hydrogen) atoms. The Bertz CT molecular complexity index is 1140. The molecule has 1 atom stereocenters. The van der Waals surface area contributed by atoms with Crippen LogP contribution in [0.15, 0.2) is 36.4 Å². The van der Waals surface area contributed by atoms with Crippen molar-refractivity contribution >= 4 is 10.9 Å². The predicted molar refractivity (Wildman–Crippen MR) is 131 cm³/mol. The van der Waals surface area contributed by atoms with Gasteiger partial charge in [0, 0.05) is 47.4 Å². The minimum atomic E-state index is -1.54. The third-order valence-corrected chi connectivity index (χ3v) is 6.14. The van der Waals surface area contributed by atoms with Crippen LogP contribution in [0.5, 0.6) is 5.75 Å². The third kappa shape index (κ3) is 6.21. The van der Waals surface area contributed by atoms with Gasteiger partial charge in [-0.3, -0.25) is 4.90 Å². The Morgan fingerprint density at radius 3 is 2.39 bits per heavy atom. The summed E-state index contributed by atoms with van der Waals surface area (Å²) in [6.07, 6.45) is 0.654. The van der Waals surface area contributed by atoms with Crippen molar-refractivity contribution < 1.29 is 32.5 Å². The van der Waals surface area contributed by atoms with E-state index in [1.54, 1.807) is 4.90 Å². The van der Waals surface area contributed by atoms with E-state index in [-0.39, 0.29) is 44.3 Å². The molecule has 2 aromatic carbocycles. The van der Waals surface area contributed by atoms with E-state index >= 15 is 8.78 Å². The fraction of sp³-hybridized carbons (Fsp3) is 0.481. The molecule has 0 radical (unpaired) electrons. The van der Waals surface area contributed by atoms with E-state index in [0.29, 0.717) is 31.9 Å². The number of aliphatic hydroxyl groups is 1.